The molecule has 1 aromatic heterocycles. The maximum absolute atomic E-state index is 11.8. The van der Waals surface area contributed by atoms with E-state index in [1.807, 2.05) is 43.3 Å². The first-order valence-corrected chi connectivity index (χ1v) is 6.95. The highest BCUT2D eigenvalue weighted by atomic mass is 16.3. The van der Waals surface area contributed by atoms with Crippen LogP contribution in [0, 0.1) is 0 Å². The molecule has 0 aliphatic carbocycles. The Labute approximate surface area is 129 Å². The van der Waals surface area contributed by atoms with Gasteiger partial charge in [-0.1, -0.05) is 0 Å². The van der Waals surface area contributed by atoms with Crippen LogP contribution in [0.4, 0.5) is 11.4 Å². The maximum atomic E-state index is 11.8. The Morgan fingerprint density at radius 2 is 1.86 bits per heavy atom. The van der Waals surface area contributed by atoms with E-state index < -0.39 is 0 Å². The van der Waals surface area contributed by atoms with Gasteiger partial charge in [0.15, 0.2) is 5.76 Å². The summed E-state index contributed by atoms with van der Waals surface area (Å²) in [6.07, 6.45) is 1.63. The van der Waals surface area contributed by atoms with E-state index in [9.17, 15) is 9.59 Å². The number of hydrogen-bond donors (Lipinski definition) is 2. The number of amides is 2. The number of rotatable bonds is 6. The second-order valence-corrected chi connectivity index (χ2v) is 4.97. The van der Waals surface area contributed by atoms with Crippen molar-refractivity contribution in [1.82, 2.24) is 5.32 Å². The molecule has 0 aliphatic heterocycles. The fourth-order valence-corrected chi connectivity index (χ4v) is 1.85. The van der Waals surface area contributed by atoms with Crippen LogP contribution in [0.15, 0.2) is 47.1 Å². The lowest BCUT2D eigenvalue weighted by molar-refractivity contribution is -0.116. The summed E-state index contributed by atoms with van der Waals surface area (Å²) in [4.78, 5) is 25.4. The Hall–Kier alpha value is -2.76. The number of nitrogens with one attached hydrogen (secondary N) is 2. The average Bonchev–Trinajstić information content (AvgIpc) is 3.02. The van der Waals surface area contributed by atoms with Crippen LogP contribution >= 0.6 is 0 Å². The lowest BCUT2D eigenvalue weighted by atomic mass is 10.2. The van der Waals surface area contributed by atoms with Crippen LogP contribution in [-0.4, -0.2) is 32.5 Å². The Morgan fingerprint density at radius 3 is 2.45 bits per heavy atom. The predicted octanol–water partition coefficient (Wildman–Crippen LogP) is 2.10. The number of benzene rings is 1. The minimum atomic E-state index is -0.326. The smallest absolute Gasteiger partial charge is 0.286 e. The second kappa shape index (κ2) is 7.31. The summed E-state index contributed by atoms with van der Waals surface area (Å²) < 4.78 is 4.96. The van der Waals surface area contributed by atoms with Crippen molar-refractivity contribution in [2.75, 3.05) is 30.9 Å². The van der Waals surface area contributed by atoms with Gasteiger partial charge in [-0.25, -0.2) is 0 Å². The van der Waals surface area contributed by atoms with Gasteiger partial charge in [-0.3, -0.25) is 9.59 Å². The molecule has 1 heterocycles. The summed E-state index contributed by atoms with van der Waals surface area (Å²) >= 11 is 0. The molecule has 6 nitrogen and oxygen atoms in total. The fourth-order valence-electron chi connectivity index (χ4n) is 1.85. The Kier molecular flexibility index (Phi) is 5.19. The third kappa shape index (κ3) is 4.37. The van der Waals surface area contributed by atoms with E-state index >= 15 is 0 Å². The number of anilines is 2. The lowest BCUT2D eigenvalue weighted by Gasteiger charge is -2.13. The van der Waals surface area contributed by atoms with Crippen LogP contribution < -0.4 is 15.5 Å². The molecular formula is C16H19N3O3. The molecule has 0 atom stereocenters. The molecule has 22 heavy (non-hydrogen) atoms. The van der Waals surface area contributed by atoms with Gasteiger partial charge in [-0.05, 0) is 36.4 Å². The van der Waals surface area contributed by atoms with E-state index in [1.54, 1.807) is 12.1 Å². The van der Waals surface area contributed by atoms with Crippen LogP contribution in [-0.2, 0) is 4.79 Å². The second-order valence-electron chi connectivity index (χ2n) is 4.97. The van der Waals surface area contributed by atoms with Gasteiger partial charge in [0.2, 0.25) is 5.91 Å². The van der Waals surface area contributed by atoms with Crippen molar-refractivity contribution >= 4 is 23.2 Å². The SMILES string of the molecule is CN(C)c1ccc(NC(=O)CCNC(=O)c2ccco2)cc1. The van der Waals surface area contributed by atoms with Crippen LogP contribution in [0.3, 0.4) is 0 Å². The number of furan rings is 1. The minimum Gasteiger partial charge on any atom is -0.459 e. The van der Waals surface area contributed by atoms with Crippen molar-refractivity contribution in [3.05, 3.63) is 48.4 Å². The molecule has 2 amide bonds. The van der Waals surface area contributed by atoms with Crippen LogP contribution in [0.25, 0.3) is 0 Å². The summed E-state index contributed by atoms with van der Waals surface area (Å²) in [5.41, 5.74) is 1.79. The van der Waals surface area contributed by atoms with Gasteiger partial charge >= 0.3 is 0 Å². The maximum Gasteiger partial charge on any atom is 0.286 e. The van der Waals surface area contributed by atoms with Crippen LogP contribution in [0.2, 0.25) is 0 Å². The van der Waals surface area contributed by atoms with E-state index in [2.05, 4.69) is 10.6 Å². The first-order chi connectivity index (χ1) is 10.6. The Bertz CT molecular complexity index is 619. The molecule has 0 spiro atoms. The molecule has 2 rings (SSSR count). The van der Waals surface area contributed by atoms with Crippen molar-refractivity contribution in [1.29, 1.82) is 0 Å². The summed E-state index contributed by atoms with van der Waals surface area (Å²) in [5.74, 6) is -0.245. The topological polar surface area (TPSA) is 74.6 Å². The zero-order chi connectivity index (χ0) is 15.9. The zero-order valence-electron chi connectivity index (χ0n) is 12.6. The summed E-state index contributed by atoms with van der Waals surface area (Å²) in [5, 5.41) is 5.41. The lowest BCUT2D eigenvalue weighted by Crippen LogP contribution is -2.27. The quantitative estimate of drug-likeness (QED) is 0.857. The molecule has 116 valence electrons. The highest BCUT2D eigenvalue weighted by molar-refractivity contribution is 5.93. The summed E-state index contributed by atoms with van der Waals surface area (Å²) in [6, 6.07) is 10.7. The largest absolute Gasteiger partial charge is 0.459 e. The van der Waals surface area contributed by atoms with Gasteiger partial charge in [0, 0.05) is 38.4 Å². The van der Waals surface area contributed by atoms with E-state index in [1.165, 1.54) is 6.26 Å². The van der Waals surface area contributed by atoms with Crippen molar-refractivity contribution in [3.8, 4) is 0 Å². The normalized spacial score (nSPS) is 10.1. The van der Waals surface area contributed by atoms with E-state index in [4.69, 9.17) is 4.42 Å². The van der Waals surface area contributed by atoms with Crippen molar-refractivity contribution < 1.29 is 14.0 Å². The predicted molar refractivity (Wildman–Crippen MR) is 85.1 cm³/mol. The molecule has 2 aromatic rings. The first kappa shape index (κ1) is 15.6. The standard InChI is InChI=1S/C16H19N3O3/c1-19(2)13-7-5-12(6-8-13)18-15(20)9-10-17-16(21)14-4-3-11-22-14/h3-8,11H,9-10H2,1-2H3,(H,17,21)(H,18,20). The number of hydrogen-bond acceptors (Lipinski definition) is 4. The molecule has 0 aliphatic rings. The molecule has 2 N–H and O–H groups in total. The van der Waals surface area contributed by atoms with Crippen LogP contribution in [0.5, 0.6) is 0 Å². The number of carbonyl (C=O) groups excluding carboxylic acids is 2. The molecule has 0 saturated heterocycles. The van der Waals surface area contributed by atoms with Gasteiger partial charge < -0.3 is 20.0 Å². The number of carbonyl (C=O) groups is 2. The van der Waals surface area contributed by atoms with Gasteiger partial charge in [0.1, 0.15) is 0 Å². The monoisotopic (exact) mass is 301 g/mol. The molecule has 0 radical (unpaired) electrons. The van der Waals surface area contributed by atoms with E-state index in [-0.39, 0.29) is 30.5 Å². The van der Waals surface area contributed by atoms with Gasteiger partial charge in [0.25, 0.3) is 5.91 Å². The van der Waals surface area contributed by atoms with E-state index in [0.717, 1.165) is 11.4 Å². The molecule has 0 fully saturated rings. The molecule has 0 unspecified atom stereocenters. The van der Waals surface area contributed by atoms with E-state index in [0.29, 0.717) is 0 Å². The Balaban J connectivity index is 1.75. The van der Waals surface area contributed by atoms with Crippen molar-refractivity contribution in [3.63, 3.8) is 0 Å². The van der Waals surface area contributed by atoms with Crippen molar-refractivity contribution in [2.24, 2.45) is 0 Å². The third-order valence-corrected chi connectivity index (χ3v) is 3.05. The first-order valence-electron chi connectivity index (χ1n) is 6.95. The molecule has 6 heteroatoms. The summed E-state index contributed by atoms with van der Waals surface area (Å²) in [6.45, 7) is 0.251. The molecule has 0 bridgehead atoms. The van der Waals surface area contributed by atoms with Gasteiger partial charge in [-0.15, -0.1) is 0 Å². The highest BCUT2D eigenvalue weighted by Gasteiger charge is 2.09. The fraction of sp³-hybridized carbons (Fsp3) is 0.250. The van der Waals surface area contributed by atoms with Gasteiger partial charge in [-0.2, -0.15) is 0 Å². The molecule has 0 saturated carbocycles. The zero-order valence-corrected chi connectivity index (χ0v) is 12.6. The highest BCUT2D eigenvalue weighted by Crippen LogP contribution is 2.15. The Morgan fingerprint density at radius 1 is 1.14 bits per heavy atom. The molecular weight excluding hydrogens is 282 g/mol. The third-order valence-electron chi connectivity index (χ3n) is 3.05. The minimum absolute atomic E-state index is 0.155. The average molecular weight is 301 g/mol. The summed E-state index contributed by atoms with van der Waals surface area (Å²) in [7, 11) is 3.91. The van der Waals surface area contributed by atoms with Crippen LogP contribution in [0.1, 0.15) is 17.0 Å². The molecule has 1 aromatic carbocycles. The van der Waals surface area contributed by atoms with Gasteiger partial charge in [0.05, 0.1) is 6.26 Å². The number of nitrogens with zero attached hydrogens (tertiary/aromatic N) is 1. The van der Waals surface area contributed by atoms with Crippen molar-refractivity contribution in [2.45, 2.75) is 6.42 Å².